The van der Waals surface area contributed by atoms with E-state index in [1.165, 1.54) is 41.0 Å². The number of amides is 2. The van der Waals surface area contributed by atoms with Crippen LogP contribution in [0.25, 0.3) is 0 Å². The van der Waals surface area contributed by atoms with Crippen LogP contribution >= 0.6 is 22.7 Å². The summed E-state index contributed by atoms with van der Waals surface area (Å²) in [7, 11) is 0. The molecule has 0 atom stereocenters. The minimum atomic E-state index is -0.480. The monoisotopic (exact) mass is 581 g/mol. The molecule has 0 saturated heterocycles. The van der Waals surface area contributed by atoms with E-state index in [4.69, 9.17) is 9.47 Å². The van der Waals surface area contributed by atoms with Crippen molar-refractivity contribution in [2.24, 2.45) is 0 Å². The summed E-state index contributed by atoms with van der Waals surface area (Å²) in [5, 5.41) is 6.64. The van der Waals surface area contributed by atoms with E-state index in [1.54, 1.807) is 13.8 Å². The largest absolute Gasteiger partial charge is 0.462 e. The fourth-order valence-electron chi connectivity index (χ4n) is 5.15. The summed E-state index contributed by atoms with van der Waals surface area (Å²) in [5.74, 6) is -1.78. The number of esters is 2. The van der Waals surface area contributed by atoms with Gasteiger partial charge in [-0.3, -0.25) is 14.6 Å². The SMILES string of the molecule is CCOC(=O)c1c(NC(=O)c2ccc(C(=O)Nc3sc4c(c3C(=O)OCC)CCCC4)nc2)sc2c1CCCC2. The van der Waals surface area contributed by atoms with Crippen LogP contribution in [0.15, 0.2) is 18.3 Å². The Morgan fingerprint density at radius 2 is 1.25 bits per heavy atom. The molecule has 9 nitrogen and oxygen atoms in total. The van der Waals surface area contributed by atoms with Crippen LogP contribution in [-0.2, 0) is 35.2 Å². The zero-order chi connectivity index (χ0) is 28.2. The van der Waals surface area contributed by atoms with Crippen molar-refractivity contribution in [2.45, 2.75) is 65.2 Å². The Labute approximate surface area is 240 Å². The third-order valence-corrected chi connectivity index (χ3v) is 9.43. The molecule has 0 spiro atoms. The number of carbonyl (C=O) groups is 4. The molecule has 40 heavy (non-hydrogen) atoms. The molecule has 5 rings (SSSR count). The highest BCUT2D eigenvalue weighted by Crippen LogP contribution is 2.40. The molecule has 0 bridgehead atoms. The molecule has 11 heteroatoms. The van der Waals surface area contributed by atoms with Gasteiger partial charge in [0.05, 0.1) is 29.9 Å². The molecule has 3 heterocycles. The highest BCUT2D eigenvalue weighted by Gasteiger charge is 2.29. The molecule has 0 aliphatic heterocycles. The predicted octanol–water partition coefficient (Wildman–Crippen LogP) is 5.82. The highest BCUT2D eigenvalue weighted by atomic mass is 32.1. The van der Waals surface area contributed by atoms with Gasteiger partial charge in [0.15, 0.2) is 0 Å². The lowest BCUT2D eigenvalue weighted by Crippen LogP contribution is -2.18. The lowest BCUT2D eigenvalue weighted by molar-refractivity contribution is 0.0516. The van der Waals surface area contributed by atoms with E-state index in [-0.39, 0.29) is 24.5 Å². The van der Waals surface area contributed by atoms with Crippen molar-refractivity contribution in [3.63, 3.8) is 0 Å². The van der Waals surface area contributed by atoms with E-state index < -0.39 is 23.8 Å². The van der Waals surface area contributed by atoms with Gasteiger partial charge in [-0.25, -0.2) is 9.59 Å². The van der Waals surface area contributed by atoms with Gasteiger partial charge in [0, 0.05) is 16.0 Å². The molecule has 2 aliphatic rings. The Morgan fingerprint density at radius 1 is 0.750 bits per heavy atom. The number of hydrogen-bond donors (Lipinski definition) is 2. The van der Waals surface area contributed by atoms with Gasteiger partial charge in [-0.1, -0.05) is 0 Å². The first-order chi connectivity index (χ1) is 19.4. The van der Waals surface area contributed by atoms with E-state index in [9.17, 15) is 19.2 Å². The first-order valence-electron chi connectivity index (χ1n) is 13.6. The summed E-state index contributed by atoms with van der Waals surface area (Å²) in [6.07, 6.45) is 8.71. The minimum Gasteiger partial charge on any atom is -0.462 e. The topological polar surface area (TPSA) is 124 Å². The number of rotatable bonds is 8. The zero-order valence-electron chi connectivity index (χ0n) is 22.5. The lowest BCUT2D eigenvalue weighted by atomic mass is 9.95. The summed E-state index contributed by atoms with van der Waals surface area (Å²) in [4.78, 5) is 57.9. The highest BCUT2D eigenvalue weighted by molar-refractivity contribution is 7.17. The van der Waals surface area contributed by atoms with Crippen molar-refractivity contribution in [3.05, 3.63) is 61.6 Å². The number of aryl methyl sites for hydroxylation is 2. The van der Waals surface area contributed by atoms with Gasteiger partial charge in [-0.2, -0.15) is 0 Å². The maximum absolute atomic E-state index is 13.1. The molecule has 0 fully saturated rings. The van der Waals surface area contributed by atoms with Crippen LogP contribution in [0.5, 0.6) is 0 Å². The normalized spacial score (nSPS) is 14.1. The second kappa shape index (κ2) is 12.3. The van der Waals surface area contributed by atoms with Crippen LogP contribution < -0.4 is 10.6 Å². The predicted molar refractivity (Wildman–Crippen MR) is 154 cm³/mol. The third-order valence-electron chi connectivity index (χ3n) is 7.01. The van der Waals surface area contributed by atoms with E-state index in [0.29, 0.717) is 21.1 Å². The molecule has 3 aromatic heterocycles. The maximum atomic E-state index is 13.1. The number of ether oxygens (including phenoxy) is 2. The number of aromatic nitrogens is 1. The van der Waals surface area contributed by atoms with E-state index >= 15 is 0 Å². The Bertz CT molecular complexity index is 1350. The number of nitrogens with one attached hydrogen (secondary N) is 2. The molecule has 2 amide bonds. The molecule has 2 aliphatic carbocycles. The Morgan fingerprint density at radius 3 is 1.73 bits per heavy atom. The number of thiophene rings is 2. The number of hydrogen-bond acceptors (Lipinski definition) is 9. The Kier molecular flexibility index (Phi) is 8.60. The van der Waals surface area contributed by atoms with Crippen LogP contribution in [0.3, 0.4) is 0 Å². The number of carbonyl (C=O) groups excluding carboxylic acids is 4. The van der Waals surface area contributed by atoms with Gasteiger partial charge in [-0.15, -0.1) is 22.7 Å². The van der Waals surface area contributed by atoms with Gasteiger partial charge in [0.25, 0.3) is 11.8 Å². The molecule has 3 aromatic rings. The second-order valence-electron chi connectivity index (χ2n) is 9.61. The van der Waals surface area contributed by atoms with Gasteiger partial charge in [-0.05, 0) is 88.5 Å². The van der Waals surface area contributed by atoms with Gasteiger partial charge in [0.1, 0.15) is 15.7 Å². The quantitative estimate of drug-likeness (QED) is 0.321. The van der Waals surface area contributed by atoms with Gasteiger partial charge >= 0.3 is 11.9 Å². The fourth-order valence-corrected chi connectivity index (χ4v) is 7.70. The van der Waals surface area contributed by atoms with Crippen molar-refractivity contribution in [1.29, 1.82) is 0 Å². The standard InChI is InChI=1S/C29H31N3O6S2/c1-3-37-28(35)22-17-9-5-7-11-20(17)39-26(22)31-24(33)16-13-14-19(30-15-16)25(34)32-27-23(29(36)38-4-2)18-10-6-8-12-21(18)40-27/h13-15H,3-12H2,1-2H3,(H,31,33)(H,32,34). The van der Waals surface area contributed by atoms with Gasteiger partial charge < -0.3 is 20.1 Å². The first-order valence-corrected chi connectivity index (χ1v) is 15.3. The van der Waals surface area contributed by atoms with Crippen molar-refractivity contribution >= 4 is 56.4 Å². The summed E-state index contributed by atoms with van der Waals surface area (Å²) in [6, 6.07) is 2.98. The molecular weight excluding hydrogens is 550 g/mol. The molecular formula is C29H31N3O6S2. The molecule has 0 saturated carbocycles. The van der Waals surface area contributed by atoms with Gasteiger partial charge in [0.2, 0.25) is 0 Å². The first kappa shape index (κ1) is 28.0. The molecule has 0 aromatic carbocycles. The minimum absolute atomic E-state index is 0.108. The average Bonchev–Trinajstić information content (AvgIpc) is 3.50. The second-order valence-corrected chi connectivity index (χ2v) is 11.8. The van der Waals surface area contributed by atoms with Crippen molar-refractivity contribution in [3.8, 4) is 0 Å². The molecule has 0 radical (unpaired) electrons. The van der Waals surface area contributed by atoms with Crippen LogP contribution in [0.2, 0.25) is 0 Å². The van der Waals surface area contributed by atoms with Crippen molar-refractivity contribution in [2.75, 3.05) is 23.8 Å². The van der Waals surface area contributed by atoms with E-state index in [2.05, 4.69) is 15.6 Å². The summed E-state index contributed by atoms with van der Waals surface area (Å²) in [6.45, 7) is 4.00. The summed E-state index contributed by atoms with van der Waals surface area (Å²) in [5.41, 5.74) is 3.15. The number of nitrogens with zero attached hydrogens (tertiary/aromatic N) is 1. The lowest BCUT2D eigenvalue weighted by Gasteiger charge is -2.12. The summed E-state index contributed by atoms with van der Waals surface area (Å²) >= 11 is 2.82. The molecule has 210 valence electrons. The summed E-state index contributed by atoms with van der Waals surface area (Å²) < 4.78 is 10.5. The smallest absolute Gasteiger partial charge is 0.341 e. The zero-order valence-corrected chi connectivity index (χ0v) is 24.1. The Hall–Kier alpha value is -3.57. The fraction of sp³-hybridized carbons (Fsp3) is 0.414. The van der Waals surface area contributed by atoms with E-state index in [1.807, 2.05) is 0 Å². The average molecular weight is 582 g/mol. The van der Waals surface area contributed by atoms with Crippen LogP contribution in [0.4, 0.5) is 10.0 Å². The van der Waals surface area contributed by atoms with Crippen molar-refractivity contribution < 1.29 is 28.7 Å². The molecule has 0 unspecified atom stereocenters. The Balaban J connectivity index is 1.32. The number of pyridine rings is 1. The van der Waals surface area contributed by atoms with Crippen LogP contribution in [0, 0.1) is 0 Å². The third kappa shape index (κ3) is 5.66. The number of fused-ring (bicyclic) bond motifs is 2. The molecule has 2 N–H and O–H groups in total. The van der Waals surface area contributed by atoms with E-state index in [0.717, 1.165) is 72.2 Å². The van der Waals surface area contributed by atoms with Crippen LogP contribution in [0.1, 0.15) is 102 Å². The van der Waals surface area contributed by atoms with Crippen molar-refractivity contribution in [1.82, 2.24) is 4.98 Å². The van der Waals surface area contributed by atoms with Crippen LogP contribution in [-0.4, -0.2) is 42.0 Å². The maximum Gasteiger partial charge on any atom is 0.341 e. The number of anilines is 2.